The molecule has 0 aliphatic rings. The topological polar surface area (TPSA) is 55.8 Å². The third-order valence-electron chi connectivity index (χ3n) is 2.05. The lowest BCUT2D eigenvalue weighted by molar-refractivity contribution is 0.0953. The predicted octanol–water partition coefficient (Wildman–Crippen LogP) is 1.27. The molecule has 82 valence electrons. The highest BCUT2D eigenvalue weighted by Crippen LogP contribution is 2.25. The van der Waals surface area contributed by atoms with Crippen molar-refractivity contribution in [2.45, 2.75) is 6.42 Å². The fourth-order valence-corrected chi connectivity index (χ4v) is 1.27. The molecule has 15 heavy (non-hydrogen) atoms. The first kappa shape index (κ1) is 11.5. The molecule has 0 unspecified atom stereocenters. The molecule has 0 radical (unpaired) electrons. The van der Waals surface area contributed by atoms with E-state index in [1.165, 1.54) is 7.11 Å². The minimum Gasteiger partial charge on any atom is -0.497 e. The van der Waals surface area contributed by atoms with Crippen LogP contribution in [0.1, 0.15) is 16.8 Å². The Balaban J connectivity index is 3.02. The van der Waals surface area contributed by atoms with Gasteiger partial charge < -0.3 is 14.6 Å². The summed E-state index contributed by atoms with van der Waals surface area (Å²) in [5.74, 6) is 0.956. The first-order valence-electron chi connectivity index (χ1n) is 4.59. The zero-order chi connectivity index (χ0) is 11.3. The van der Waals surface area contributed by atoms with E-state index in [9.17, 15) is 4.79 Å². The quantitative estimate of drug-likeness (QED) is 0.743. The van der Waals surface area contributed by atoms with Crippen molar-refractivity contribution in [2.75, 3.05) is 20.8 Å². The highest BCUT2D eigenvalue weighted by molar-refractivity contribution is 5.98. The van der Waals surface area contributed by atoms with E-state index in [4.69, 9.17) is 14.6 Å². The van der Waals surface area contributed by atoms with Crippen molar-refractivity contribution in [2.24, 2.45) is 0 Å². The van der Waals surface area contributed by atoms with Crippen molar-refractivity contribution in [1.29, 1.82) is 0 Å². The van der Waals surface area contributed by atoms with Gasteiger partial charge in [0.05, 0.1) is 26.4 Å². The normalized spacial score (nSPS) is 9.80. The van der Waals surface area contributed by atoms with Crippen LogP contribution in [0, 0.1) is 0 Å². The lowest BCUT2D eigenvalue weighted by Crippen LogP contribution is -2.04. The molecule has 0 heterocycles. The van der Waals surface area contributed by atoms with Gasteiger partial charge in [-0.2, -0.15) is 0 Å². The summed E-state index contributed by atoms with van der Waals surface area (Å²) in [6.07, 6.45) is 0.0999. The van der Waals surface area contributed by atoms with Gasteiger partial charge in [0.2, 0.25) is 0 Å². The first-order chi connectivity index (χ1) is 7.22. The maximum Gasteiger partial charge on any atom is 0.168 e. The largest absolute Gasteiger partial charge is 0.497 e. The van der Waals surface area contributed by atoms with Crippen LogP contribution in [0.2, 0.25) is 0 Å². The molecule has 0 aromatic heterocycles. The summed E-state index contributed by atoms with van der Waals surface area (Å²) >= 11 is 0. The van der Waals surface area contributed by atoms with Crippen molar-refractivity contribution in [3.05, 3.63) is 23.8 Å². The van der Waals surface area contributed by atoms with E-state index in [1.807, 2.05) is 0 Å². The Hall–Kier alpha value is -1.55. The van der Waals surface area contributed by atoms with Gasteiger partial charge in [-0.15, -0.1) is 0 Å². The van der Waals surface area contributed by atoms with Crippen LogP contribution in [0.25, 0.3) is 0 Å². The lowest BCUT2D eigenvalue weighted by atomic mass is 10.1. The summed E-state index contributed by atoms with van der Waals surface area (Å²) in [7, 11) is 3.04. The Kier molecular flexibility index (Phi) is 4.12. The molecule has 0 spiro atoms. The molecule has 0 saturated carbocycles. The second-order valence-electron chi connectivity index (χ2n) is 2.96. The predicted molar refractivity (Wildman–Crippen MR) is 55.6 cm³/mol. The molecular formula is C11H14O4. The smallest absolute Gasteiger partial charge is 0.168 e. The summed E-state index contributed by atoms with van der Waals surface area (Å²) in [5, 5.41) is 8.68. The van der Waals surface area contributed by atoms with Crippen LogP contribution in [0.15, 0.2) is 18.2 Å². The van der Waals surface area contributed by atoms with E-state index >= 15 is 0 Å². The van der Waals surface area contributed by atoms with Crippen molar-refractivity contribution >= 4 is 5.78 Å². The van der Waals surface area contributed by atoms with Gasteiger partial charge >= 0.3 is 0 Å². The number of benzene rings is 1. The molecule has 1 aromatic carbocycles. The Bertz CT molecular complexity index is 346. The van der Waals surface area contributed by atoms with E-state index in [1.54, 1.807) is 25.3 Å². The molecule has 4 nitrogen and oxygen atoms in total. The lowest BCUT2D eigenvalue weighted by Gasteiger charge is -2.08. The number of aliphatic hydroxyl groups excluding tert-OH is 1. The van der Waals surface area contributed by atoms with Crippen molar-refractivity contribution in [3.63, 3.8) is 0 Å². The fraction of sp³-hybridized carbons (Fsp3) is 0.364. The van der Waals surface area contributed by atoms with E-state index < -0.39 is 0 Å². The van der Waals surface area contributed by atoms with Gasteiger partial charge in [-0.1, -0.05) is 0 Å². The average Bonchev–Trinajstić information content (AvgIpc) is 2.28. The van der Waals surface area contributed by atoms with Crippen molar-refractivity contribution in [1.82, 2.24) is 0 Å². The Labute approximate surface area is 88.4 Å². The summed E-state index contributed by atoms with van der Waals surface area (Å²) < 4.78 is 10.1. The molecule has 0 bridgehead atoms. The van der Waals surface area contributed by atoms with E-state index in [2.05, 4.69) is 0 Å². The standard InChI is InChI=1S/C11H14O4/c1-14-8-3-4-9(10(13)5-6-12)11(7-8)15-2/h3-4,7,12H,5-6H2,1-2H3. The minimum atomic E-state index is -0.159. The second-order valence-corrected chi connectivity index (χ2v) is 2.96. The van der Waals surface area contributed by atoms with E-state index in [-0.39, 0.29) is 18.8 Å². The van der Waals surface area contributed by atoms with E-state index in [0.717, 1.165) is 0 Å². The summed E-state index contributed by atoms with van der Waals surface area (Å²) in [5.41, 5.74) is 0.465. The third-order valence-corrected chi connectivity index (χ3v) is 2.05. The average molecular weight is 210 g/mol. The van der Waals surface area contributed by atoms with Crippen LogP contribution in [0.5, 0.6) is 11.5 Å². The van der Waals surface area contributed by atoms with Crippen LogP contribution in [-0.4, -0.2) is 31.7 Å². The number of Topliss-reactive ketones (excluding diaryl/α,β-unsaturated/α-hetero) is 1. The van der Waals surface area contributed by atoms with Gasteiger partial charge in [0.15, 0.2) is 5.78 Å². The molecule has 0 fully saturated rings. The van der Waals surface area contributed by atoms with Crippen LogP contribution < -0.4 is 9.47 Å². The zero-order valence-electron chi connectivity index (χ0n) is 8.82. The molecule has 0 amide bonds. The number of ketones is 1. The minimum absolute atomic E-state index is 0.0999. The molecule has 4 heteroatoms. The molecule has 1 aromatic rings. The van der Waals surface area contributed by atoms with Gasteiger partial charge in [-0.25, -0.2) is 0 Å². The molecule has 0 atom stereocenters. The van der Waals surface area contributed by atoms with Gasteiger partial charge in [-0.05, 0) is 12.1 Å². The molecule has 1 rings (SSSR count). The van der Waals surface area contributed by atoms with E-state index in [0.29, 0.717) is 17.1 Å². The highest BCUT2D eigenvalue weighted by Gasteiger charge is 2.12. The summed E-state index contributed by atoms with van der Waals surface area (Å²) in [4.78, 5) is 11.5. The summed E-state index contributed by atoms with van der Waals surface area (Å²) in [6.45, 7) is -0.159. The van der Waals surface area contributed by atoms with Crippen LogP contribution >= 0.6 is 0 Å². The van der Waals surface area contributed by atoms with Crippen molar-refractivity contribution in [3.8, 4) is 11.5 Å². The monoisotopic (exact) mass is 210 g/mol. The maximum absolute atomic E-state index is 11.5. The van der Waals surface area contributed by atoms with Gasteiger partial charge in [0.1, 0.15) is 11.5 Å². The number of ether oxygens (including phenoxy) is 2. The second kappa shape index (κ2) is 5.36. The van der Waals surface area contributed by atoms with Gasteiger partial charge in [-0.3, -0.25) is 4.79 Å². The number of rotatable bonds is 5. The molecule has 1 N–H and O–H groups in total. The number of carbonyl (C=O) groups excluding carboxylic acids is 1. The molecule has 0 saturated heterocycles. The number of carbonyl (C=O) groups is 1. The molecular weight excluding hydrogens is 196 g/mol. The zero-order valence-corrected chi connectivity index (χ0v) is 8.82. The Morgan fingerprint density at radius 3 is 2.60 bits per heavy atom. The fourth-order valence-electron chi connectivity index (χ4n) is 1.27. The Morgan fingerprint density at radius 1 is 1.33 bits per heavy atom. The Morgan fingerprint density at radius 2 is 2.07 bits per heavy atom. The molecule has 0 aliphatic carbocycles. The highest BCUT2D eigenvalue weighted by atomic mass is 16.5. The third kappa shape index (κ3) is 2.70. The van der Waals surface area contributed by atoms with Crippen LogP contribution in [-0.2, 0) is 0 Å². The summed E-state index contributed by atoms with van der Waals surface area (Å²) in [6, 6.07) is 4.97. The number of methoxy groups -OCH3 is 2. The number of hydrogen-bond donors (Lipinski definition) is 1. The van der Waals surface area contributed by atoms with Crippen LogP contribution in [0.4, 0.5) is 0 Å². The first-order valence-corrected chi connectivity index (χ1v) is 4.59. The van der Waals surface area contributed by atoms with Crippen LogP contribution in [0.3, 0.4) is 0 Å². The van der Waals surface area contributed by atoms with Gasteiger partial charge in [0, 0.05) is 12.5 Å². The SMILES string of the molecule is COc1ccc(C(=O)CCO)c(OC)c1. The van der Waals surface area contributed by atoms with Gasteiger partial charge in [0.25, 0.3) is 0 Å². The number of aliphatic hydroxyl groups is 1. The molecule has 0 aliphatic heterocycles. The maximum atomic E-state index is 11.5. The number of hydrogen-bond acceptors (Lipinski definition) is 4. The van der Waals surface area contributed by atoms with Crippen molar-refractivity contribution < 1.29 is 19.4 Å².